The summed E-state index contributed by atoms with van der Waals surface area (Å²) < 4.78 is 27.6. The lowest BCUT2D eigenvalue weighted by atomic mass is 10.1. The van der Waals surface area contributed by atoms with Crippen molar-refractivity contribution in [2.24, 2.45) is 0 Å². The summed E-state index contributed by atoms with van der Waals surface area (Å²) in [6.07, 6.45) is 0. The van der Waals surface area contributed by atoms with Gasteiger partial charge < -0.3 is 5.32 Å². The Morgan fingerprint density at radius 1 is 0.857 bits per heavy atom. The first-order valence-electron chi connectivity index (χ1n) is 8.87. The van der Waals surface area contributed by atoms with Gasteiger partial charge in [-0.15, -0.1) is 0 Å². The van der Waals surface area contributed by atoms with Crippen LogP contribution in [0.5, 0.6) is 0 Å². The minimum Gasteiger partial charge on any atom is -0.348 e. The summed E-state index contributed by atoms with van der Waals surface area (Å²) in [6.45, 7) is 4.30. The first-order valence-corrected chi connectivity index (χ1v) is 10.4. The normalized spacial score (nSPS) is 11.1. The molecule has 0 aliphatic carbocycles. The number of hydrogen-bond donors (Lipinski definition) is 2. The van der Waals surface area contributed by atoms with Gasteiger partial charge >= 0.3 is 0 Å². The molecule has 3 aromatic rings. The first kappa shape index (κ1) is 19.6. The SMILES string of the molecule is Cc1ccc(CNC(=O)c2cccc(NS(=O)(=O)c3ccc(C)cc3)c2)cc1. The second-order valence-electron chi connectivity index (χ2n) is 6.67. The van der Waals surface area contributed by atoms with E-state index in [2.05, 4.69) is 10.0 Å². The summed E-state index contributed by atoms with van der Waals surface area (Å²) >= 11 is 0. The molecular weight excluding hydrogens is 372 g/mol. The quantitative estimate of drug-likeness (QED) is 0.663. The highest BCUT2D eigenvalue weighted by atomic mass is 32.2. The summed E-state index contributed by atoms with van der Waals surface area (Å²) in [5.74, 6) is -0.267. The van der Waals surface area contributed by atoms with Crippen molar-refractivity contribution in [3.8, 4) is 0 Å². The van der Waals surface area contributed by atoms with Gasteiger partial charge in [-0.25, -0.2) is 8.42 Å². The largest absolute Gasteiger partial charge is 0.348 e. The molecule has 0 aliphatic heterocycles. The topological polar surface area (TPSA) is 75.3 Å². The van der Waals surface area contributed by atoms with Gasteiger partial charge in [-0.3, -0.25) is 9.52 Å². The standard InChI is InChI=1S/C22H22N2O3S/c1-16-6-10-18(11-7-16)15-23-22(25)19-4-3-5-20(14-19)24-28(26,27)21-12-8-17(2)9-13-21/h3-14,24H,15H2,1-2H3,(H,23,25). The molecule has 0 atom stereocenters. The molecule has 0 aliphatic rings. The molecule has 6 heteroatoms. The van der Waals surface area contributed by atoms with Crippen molar-refractivity contribution in [2.75, 3.05) is 4.72 Å². The molecule has 3 rings (SSSR count). The average Bonchev–Trinajstić information content (AvgIpc) is 2.67. The zero-order chi connectivity index (χ0) is 20.1. The summed E-state index contributed by atoms with van der Waals surface area (Å²) in [5.41, 5.74) is 3.85. The van der Waals surface area contributed by atoms with Crippen molar-refractivity contribution >= 4 is 21.6 Å². The summed E-state index contributed by atoms with van der Waals surface area (Å²) in [7, 11) is -3.71. The van der Waals surface area contributed by atoms with Gasteiger partial charge in [-0.05, 0) is 49.7 Å². The Labute approximate surface area is 165 Å². The van der Waals surface area contributed by atoms with Crippen molar-refractivity contribution in [2.45, 2.75) is 25.3 Å². The Bertz CT molecular complexity index is 1070. The van der Waals surface area contributed by atoms with Crippen LogP contribution in [-0.2, 0) is 16.6 Å². The molecule has 144 valence electrons. The second-order valence-corrected chi connectivity index (χ2v) is 8.35. The second kappa shape index (κ2) is 8.27. The fourth-order valence-electron chi connectivity index (χ4n) is 2.65. The van der Waals surface area contributed by atoms with Crippen molar-refractivity contribution < 1.29 is 13.2 Å². The van der Waals surface area contributed by atoms with Crippen LogP contribution in [0.4, 0.5) is 5.69 Å². The average molecular weight is 394 g/mol. The molecule has 5 nitrogen and oxygen atoms in total. The Kier molecular flexibility index (Phi) is 5.80. The molecule has 28 heavy (non-hydrogen) atoms. The number of aryl methyl sites for hydroxylation is 2. The van der Waals surface area contributed by atoms with Crippen LogP contribution in [0.2, 0.25) is 0 Å². The van der Waals surface area contributed by atoms with Gasteiger partial charge in [0.15, 0.2) is 0 Å². The van der Waals surface area contributed by atoms with Crippen molar-refractivity contribution in [1.82, 2.24) is 5.32 Å². The number of carbonyl (C=O) groups excluding carboxylic acids is 1. The third-order valence-corrected chi connectivity index (χ3v) is 5.68. The molecule has 0 spiro atoms. The molecule has 1 amide bonds. The number of carbonyl (C=O) groups is 1. The maximum atomic E-state index is 12.5. The fourth-order valence-corrected chi connectivity index (χ4v) is 3.70. The van der Waals surface area contributed by atoms with E-state index in [1.54, 1.807) is 42.5 Å². The smallest absolute Gasteiger partial charge is 0.261 e. The monoisotopic (exact) mass is 394 g/mol. The number of amides is 1. The van der Waals surface area contributed by atoms with Crippen LogP contribution in [0.25, 0.3) is 0 Å². The maximum Gasteiger partial charge on any atom is 0.261 e. The molecule has 0 aromatic heterocycles. The van der Waals surface area contributed by atoms with Gasteiger partial charge in [0.2, 0.25) is 0 Å². The number of anilines is 1. The Balaban J connectivity index is 1.70. The molecular formula is C22H22N2O3S. The van der Waals surface area contributed by atoms with Crippen LogP contribution in [0, 0.1) is 13.8 Å². The summed E-state index contributed by atoms with van der Waals surface area (Å²) in [4.78, 5) is 12.6. The molecule has 0 radical (unpaired) electrons. The predicted molar refractivity (Wildman–Crippen MR) is 111 cm³/mol. The van der Waals surface area contributed by atoms with Crippen LogP contribution in [0.3, 0.4) is 0 Å². The third kappa shape index (κ3) is 4.98. The van der Waals surface area contributed by atoms with Crippen LogP contribution < -0.4 is 10.0 Å². The van der Waals surface area contributed by atoms with Gasteiger partial charge in [0.1, 0.15) is 0 Å². The van der Waals surface area contributed by atoms with E-state index in [0.717, 1.165) is 16.7 Å². The lowest BCUT2D eigenvalue weighted by molar-refractivity contribution is 0.0951. The van der Waals surface area contributed by atoms with Crippen LogP contribution in [-0.4, -0.2) is 14.3 Å². The number of sulfonamides is 1. The first-order chi connectivity index (χ1) is 13.3. The number of rotatable bonds is 6. The summed E-state index contributed by atoms with van der Waals surface area (Å²) in [5, 5.41) is 2.85. The van der Waals surface area contributed by atoms with Gasteiger partial charge in [0.25, 0.3) is 15.9 Å². The van der Waals surface area contributed by atoms with E-state index in [-0.39, 0.29) is 10.8 Å². The van der Waals surface area contributed by atoms with Crippen LogP contribution in [0.15, 0.2) is 77.7 Å². The molecule has 0 fully saturated rings. The molecule has 0 unspecified atom stereocenters. The van der Waals surface area contributed by atoms with Crippen LogP contribution in [0.1, 0.15) is 27.0 Å². The van der Waals surface area contributed by atoms with E-state index in [1.165, 1.54) is 6.07 Å². The van der Waals surface area contributed by atoms with E-state index >= 15 is 0 Å². The minimum absolute atomic E-state index is 0.173. The van der Waals surface area contributed by atoms with Gasteiger partial charge in [0.05, 0.1) is 4.90 Å². The van der Waals surface area contributed by atoms with E-state index < -0.39 is 10.0 Å². The third-order valence-electron chi connectivity index (χ3n) is 4.28. The highest BCUT2D eigenvalue weighted by molar-refractivity contribution is 7.92. The zero-order valence-corrected chi connectivity index (χ0v) is 16.6. The Hall–Kier alpha value is -3.12. The molecule has 0 saturated heterocycles. The predicted octanol–water partition coefficient (Wildman–Crippen LogP) is 4.03. The highest BCUT2D eigenvalue weighted by Crippen LogP contribution is 2.18. The molecule has 2 N–H and O–H groups in total. The number of benzene rings is 3. The minimum atomic E-state index is -3.71. The van der Waals surface area contributed by atoms with Crippen molar-refractivity contribution in [1.29, 1.82) is 0 Å². The molecule has 0 heterocycles. The fraction of sp³-hybridized carbons (Fsp3) is 0.136. The van der Waals surface area contributed by atoms with E-state index in [0.29, 0.717) is 17.8 Å². The molecule has 3 aromatic carbocycles. The van der Waals surface area contributed by atoms with Crippen molar-refractivity contribution in [3.05, 3.63) is 95.1 Å². The van der Waals surface area contributed by atoms with E-state index in [1.807, 2.05) is 38.1 Å². The van der Waals surface area contributed by atoms with Gasteiger partial charge in [-0.2, -0.15) is 0 Å². The van der Waals surface area contributed by atoms with E-state index in [9.17, 15) is 13.2 Å². The number of nitrogens with one attached hydrogen (secondary N) is 2. The lowest BCUT2D eigenvalue weighted by Gasteiger charge is -2.10. The zero-order valence-electron chi connectivity index (χ0n) is 15.8. The van der Waals surface area contributed by atoms with Gasteiger partial charge in [-0.1, -0.05) is 53.6 Å². The highest BCUT2D eigenvalue weighted by Gasteiger charge is 2.15. The summed E-state index contributed by atoms with van der Waals surface area (Å²) in [6, 6.07) is 20.9. The van der Waals surface area contributed by atoms with Crippen LogP contribution >= 0.6 is 0 Å². The Morgan fingerprint density at radius 3 is 2.11 bits per heavy atom. The van der Waals surface area contributed by atoms with Gasteiger partial charge in [0, 0.05) is 17.8 Å². The molecule has 0 bridgehead atoms. The van der Waals surface area contributed by atoms with Crippen molar-refractivity contribution in [3.63, 3.8) is 0 Å². The maximum absolute atomic E-state index is 12.5. The Morgan fingerprint density at radius 2 is 1.46 bits per heavy atom. The molecule has 0 saturated carbocycles. The number of hydrogen-bond acceptors (Lipinski definition) is 3. The lowest BCUT2D eigenvalue weighted by Crippen LogP contribution is -2.23. The van der Waals surface area contributed by atoms with E-state index in [4.69, 9.17) is 0 Å².